The summed E-state index contributed by atoms with van der Waals surface area (Å²) >= 11 is 13.2. The first-order valence-corrected chi connectivity index (χ1v) is 13.7. The Balaban J connectivity index is 1.61. The van der Waals surface area contributed by atoms with Gasteiger partial charge in [-0.3, -0.25) is 19.3 Å². The van der Waals surface area contributed by atoms with E-state index in [4.69, 9.17) is 27.9 Å². The number of amides is 2. The average molecular weight is 570 g/mol. The minimum Gasteiger partial charge on any atom is -0.488 e. The first kappa shape index (κ1) is 27.8. The molecular weight excluding hydrogens is 543 g/mol. The normalized spacial score (nSPS) is 14.3. The SMILES string of the molecule is CCN(CC)c1ccc(/C=C2/SC(=O)N(CC(=O)c3ccccc3)C2=O)c(OCc2ccc(Cl)cc2Cl)c1. The summed E-state index contributed by atoms with van der Waals surface area (Å²) in [5.41, 5.74) is 2.80. The van der Waals surface area contributed by atoms with Gasteiger partial charge in [0.1, 0.15) is 12.4 Å². The van der Waals surface area contributed by atoms with Crippen molar-refractivity contribution in [2.75, 3.05) is 24.5 Å². The number of rotatable bonds is 10. The van der Waals surface area contributed by atoms with E-state index in [9.17, 15) is 14.4 Å². The third kappa shape index (κ3) is 6.41. The molecule has 1 saturated heterocycles. The lowest BCUT2D eigenvalue weighted by Gasteiger charge is -2.22. The van der Waals surface area contributed by atoms with E-state index in [0.717, 1.165) is 41.0 Å². The van der Waals surface area contributed by atoms with Crippen molar-refractivity contribution < 1.29 is 19.1 Å². The smallest absolute Gasteiger partial charge is 0.293 e. The van der Waals surface area contributed by atoms with Gasteiger partial charge in [-0.2, -0.15) is 0 Å². The molecule has 196 valence electrons. The Morgan fingerprint density at radius 1 is 1.00 bits per heavy atom. The third-order valence-corrected chi connectivity index (χ3v) is 7.58. The summed E-state index contributed by atoms with van der Waals surface area (Å²) in [4.78, 5) is 41.7. The van der Waals surface area contributed by atoms with Crippen LogP contribution in [0.4, 0.5) is 10.5 Å². The van der Waals surface area contributed by atoms with Crippen LogP contribution in [0.2, 0.25) is 10.0 Å². The van der Waals surface area contributed by atoms with E-state index >= 15 is 0 Å². The monoisotopic (exact) mass is 568 g/mol. The second kappa shape index (κ2) is 12.5. The minimum atomic E-state index is -0.510. The molecule has 0 bridgehead atoms. The number of hydrogen-bond acceptors (Lipinski definition) is 6. The number of ketones is 1. The molecule has 1 aliphatic heterocycles. The molecule has 0 N–H and O–H groups in total. The summed E-state index contributed by atoms with van der Waals surface area (Å²) in [7, 11) is 0. The molecule has 2 amide bonds. The van der Waals surface area contributed by atoms with E-state index in [1.807, 2.05) is 18.2 Å². The van der Waals surface area contributed by atoms with Gasteiger partial charge in [-0.05, 0) is 56.0 Å². The highest BCUT2D eigenvalue weighted by molar-refractivity contribution is 8.18. The predicted octanol–water partition coefficient (Wildman–Crippen LogP) is 7.34. The Morgan fingerprint density at radius 3 is 2.42 bits per heavy atom. The molecule has 4 rings (SSSR count). The molecule has 0 saturated carbocycles. The van der Waals surface area contributed by atoms with Gasteiger partial charge in [0.05, 0.1) is 11.4 Å². The lowest BCUT2D eigenvalue weighted by atomic mass is 10.1. The van der Waals surface area contributed by atoms with Crippen LogP contribution in [-0.4, -0.2) is 41.5 Å². The Morgan fingerprint density at radius 2 is 1.74 bits per heavy atom. The molecule has 0 aliphatic carbocycles. The molecule has 1 heterocycles. The van der Waals surface area contributed by atoms with Crippen LogP contribution in [-0.2, 0) is 11.4 Å². The molecule has 9 heteroatoms. The molecule has 3 aromatic rings. The lowest BCUT2D eigenvalue weighted by Crippen LogP contribution is -2.33. The minimum absolute atomic E-state index is 0.186. The first-order chi connectivity index (χ1) is 18.3. The van der Waals surface area contributed by atoms with E-state index < -0.39 is 11.1 Å². The van der Waals surface area contributed by atoms with Crippen LogP contribution >= 0.6 is 35.0 Å². The predicted molar refractivity (Wildman–Crippen MR) is 154 cm³/mol. The van der Waals surface area contributed by atoms with E-state index in [0.29, 0.717) is 26.9 Å². The van der Waals surface area contributed by atoms with Crippen LogP contribution in [0.3, 0.4) is 0 Å². The number of carbonyl (C=O) groups is 3. The number of carbonyl (C=O) groups excluding carboxylic acids is 3. The maximum absolute atomic E-state index is 13.1. The molecule has 1 aliphatic rings. The fourth-order valence-electron chi connectivity index (χ4n) is 3.98. The fraction of sp³-hybridized carbons (Fsp3) is 0.207. The number of nitrogens with zero attached hydrogens (tertiary/aromatic N) is 2. The van der Waals surface area contributed by atoms with Gasteiger partial charge in [0, 0.05) is 51.6 Å². The summed E-state index contributed by atoms with van der Waals surface area (Å²) in [6.07, 6.45) is 1.63. The summed E-state index contributed by atoms with van der Waals surface area (Å²) in [6, 6.07) is 19.5. The van der Waals surface area contributed by atoms with Gasteiger partial charge in [0.2, 0.25) is 0 Å². The Bertz CT molecular complexity index is 1390. The van der Waals surface area contributed by atoms with Crippen molar-refractivity contribution in [2.45, 2.75) is 20.5 Å². The summed E-state index contributed by atoms with van der Waals surface area (Å²) in [6.45, 7) is 5.63. The van der Waals surface area contributed by atoms with Crippen LogP contribution in [0.15, 0.2) is 71.6 Å². The van der Waals surface area contributed by atoms with Gasteiger partial charge in [0.25, 0.3) is 11.1 Å². The van der Waals surface area contributed by atoms with Gasteiger partial charge in [0.15, 0.2) is 5.78 Å². The van der Waals surface area contributed by atoms with Crippen molar-refractivity contribution in [3.63, 3.8) is 0 Å². The number of hydrogen-bond donors (Lipinski definition) is 0. The first-order valence-electron chi connectivity index (χ1n) is 12.1. The number of Topliss-reactive ketones (excluding diaryl/α,β-unsaturated/α-hetero) is 1. The second-order valence-corrected chi connectivity index (χ2v) is 10.3. The molecule has 0 unspecified atom stereocenters. The number of imide groups is 1. The van der Waals surface area contributed by atoms with Crippen molar-refractivity contribution in [2.24, 2.45) is 0 Å². The van der Waals surface area contributed by atoms with E-state index in [1.54, 1.807) is 54.6 Å². The molecule has 0 aromatic heterocycles. The topological polar surface area (TPSA) is 66.9 Å². The molecule has 0 atom stereocenters. The van der Waals surface area contributed by atoms with Crippen molar-refractivity contribution in [1.29, 1.82) is 0 Å². The summed E-state index contributed by atoms with van der Waals surface area (Å²) in [5.74, 6) is -0.280. The van der Waals surface area contributed by atoms with Crippen molar-refractivity contribution in [3.8, 4) is 5.75 Å². The number of ether oxygens (including phenoxy) is 1. The Kier molecular flexibility index (Phi) is 9.15. The quantitative estimate of drug-likeness (QED) is 0.188. The van der Waals surface area contributed by atoms with Gasteiger partial charge in [-0.15, -0.1) is 0 Å². The molecule has 6 nitrogen and oxygen atoms in total. The number of anilines is 1. The Hall–Kier alpha value is -3.26. The second-order valence-electron chi connectivity index (χ2n) is 8.48. The molecule has 3 aromatic carbocycles. The van der Waals surface area contributed by atoms with Crippen molar-refractivity contribution >= 4 is 63.7 Å². The fourth-order valence-corrected chi connectivity index (χ4v) is 5.28. The highest BCUT2D eigenvalue weighted by atomic mass is 35.5. The maximum Gasteiger partial charge on any atom is 0.293 e. The molecule has 0 spiro atoms. The maximum atomic E-state index is 13.1. The van der Waals surface area contributed by atoms with E-state index in [-0.39, 0.29) is 23.8 Å². The zero-order chi connectivity index (χ0) is 27.2. The van der Waals surface area contributed by atoms with Crippen LogP contribution < -0.4 is 9.64 Å². The molecule has 38 heavy (non-hydrogen) atoms. The number of halogens is 2. The van der Waals surface area contributed by atoms with Gasteiger partial charge >= 0.3 is 0 Å². The van der Waals surface area contributed by atoms with Crippen molar-refractivity contribution in [3.05, 3.63) is 98.4 Å². The largest absolute Gasteiger partial charge is 0.488 e. The van der Waals surface area contributed by atoms with Gasteiger partial charge < -0.3 is 9.64 Å². The van der Waals surface area contributed by atoms with E-state index in [1.165, 1.54) is 0 Å². The summed E-state index contributed by atoms with van der Waals surface area (Å²) < 4.78 is 6.17. The average Bonchev–Trinajstić information content (AvgIpc) is 3.17. The zero-order valence-corrected chi connectivity index (χ0v) is 23.3. The Labute approximate surface area is 236 Å². The zero-order valence-electron chi connectivity index (χ0n) is 20.9. The third-order valence-electron chi connectivity index (χ3n) is 6.08. The van der Waals surface area contributed by atoms with Gasteiger partial charge in [-0.25, -0.2) is 0 Å². The van der Waals surface area contributed by atoms with Crippen LogP contribution in [0, 0.1) is 0 Å². The molecule has 0 radical (unpaired) electrons. The van der Waals surface area contributed by atoms with Gasteiger partial charge in [-0.1, -0.05) is 59.6 Å². The molecular formula is C29H26Cl2N2O4S. The molecule has 1 fully saturated rings. The standard InChI is InChI=1S/C29H26Cl2N2O4S/c1-3-32(4-2)23-13-11-20(26(16-23)37-18-21-10-12-22(30)15-24(21)31)14-27-28(35)33(29(36)38-27)17-25(34)19-8-6-5-7-9-19/h5-16H,3-4,17-18H2,1-2H3/b27-14+. The van der Waals surface area contributed by atoms with Crippen LogP contribution in [0.25, 0.3) is 6.08 Å². The lowest BCUT2D eigenvalue weighted by molar-refractivity contribution is -0.122. The number of thioether (sulfide) groups is 1. The van der Waals surface area contributed by atoms with Crippen LogP contribution in [0.5, 0.6) is 5.75 Å². The van der Waals surface area contributed by atoms with Crippen molar-refractivity contribution in [1.82, 2.24) is 4.90 Å². The van der Waals surface area contributed by atoms with E-state index in [2.05, 4.69) is 18.7 Å². The highest BCUT2D eigenvalue weighted by Gasteiger charge is 2.36. The van der Waals surface area contributed by atoms with Crippen LogP contribution in [0.1, 0.15) is 35.3 Å². The highest BCUT2D eigenvalue weighted by Crippen LogP contribution is 2.36. The summed E-state index contributed by atoms with van der Waals surface area (Å²) in [5, 5.41) is 0.535. The number of benzene rings is 3.